The third kappa shape index (κ3) is 5.50. The Morgan fingerprint density at radius 1 is 1.32 bits per heavy atom. The van der Waals surface area contributed by atoms with Crippen molar-refractivity contribution in [2.24, 2.45) is 0 Å². The number of pyridine rings is 1. The van der Waals surface area contributed by atoms with Crippen molar-refractivity contribution in [1.82, 2.24) is 15.2 Å². The second-order valence-electron chi connectivity index (χ2n) is 7.71. The first-order chi connectivity index (χ1) is 12.8. The molecule has 1 aromatic rings. The monoisotopic (exact) mass is 421 g/mol. The van der Waals surface area contributed by atoms with Crippen molar-refractivity contribution in [2.75, 3.05) is 0 Å². The summed E-state index contributed by atoms with van der Waals surface area (Å²) in [5, 5.41) is 2.36. The molecule has 0 aliphatic carbocycles. The molecule has 1 fully saturated rings. The molecule has 2 unspecified atom stereocenters. The minimum absolute atomic E-state index is 0.109. The Morgan fingerprint density at radius 2 is 1.96 bits per heavy atom. The zero-order valence-electron chi connectivity index (χ0n) is 16.1. The van der Waals surface area contributed by atoms with E-state index in [9.17, 15) is 22.8 Å². The summed E-state index contributed by atoms with van der Waals surface area (Å²) < 4.78 is 44.7. The molecule has 0 bridgehead atoms. The maximum absolute atomic E-state index is 13.1. The third-order valence-electron chi connectivity index (χ3n) is 4.29. The molecule has 156 valence electrons. The molecule has 1 aromatic heterocycles. The van der Waals surface area contributed by atoms with E-state index in [1.165, 1.54) is 4.90 Å². The maximum atomic E-state index is 13.1. The van der Waals surface area contributed by atoms with Gasteiger partial charge in [-0.3, -0.25) is 9.69 Å². The van der Waals surface area contributed by atoms with Crippen molar-refractivity contribution in [3.05, 3.63) is 28.5 Å². The highest BCUT2D eigenvalue weighted by Crippen LogP contribution is 2.32. The highest BCUT2D eigenvalue weighted by molar-refractivity contribution is 6.29. The van der Waals surface area contributed by atoms with E-state index in [1.807, 2.05) is 0 Å². The second kappa shape index (κ2) is 8.14. The Labute approximate surface area is 166 Å². The fourth-order valence-electron chi connectivity index (χ4n) is 3.03. The van der Waals surface area contributed by atoms with Gasteiger partial charge in [0.05, 0.1) is 5.56 Å². The summed E-state index contributed by atoms with van der Waals surface area (Å²) in [7, 11) is 0. The average Bonchev–Trinajstić information content (AvgIpc) is 2.91. The molecule has 0 radical (unpaired) electrons. The number of alkyl halides is 3. The van der Waals surface area contributed by atoms with Gasteiger partial charge < -0.3 is 10.1 Å². The summed E-state index contributed by atoms with van der Waals surface area (Å²) in [5.74, 6) is -0.545. The normalized spacial score (nSPS) is 20.2. The number of aromatic nitrogens is 1. The molecule has 6 nitrogen and oxygen atoms in total. The predicted octanol–water partition coefficient (Wildman–Crippen LogP) is 4.16. The van der Waals surface area contributed by atoms with E-state index in [0.717, 1.165) is 6.07 Å². The molecule has 28 heavy (non-hydrogen) atoms. The fraction of sp³-hybridized carbons (Fsp3) is 0.611. The van der Waals surface area contributed by atoms with Gasteiger partial charge in [0.15, 0.2) is 0 Å². The molecule has 0 saturated carbocycles. The van der Waals surface area contributed by atoms with Gasteiger partial charge in [0.2, 0.25) is 5.91 Å². The molecule has 1 aliphatic heterocycles. The second-order valence-corrected chi connectivity index (χ2v) is 8.10. The zero-order valence-corrected chi connectivity index (χ0v) is 16.8. The number of nitrogens with one attached hydrogen (secondary N) is 1. The van der Waals surface area contributed by atoms with Gasteiger partial charge in [0.1, 0.15) is 16.8 Å². The number of carbonyl (C=O) groups is 2. The number of nitrogens with zero attached hydrogens (tertiary/aromatic N) is 2. The smallest absolute Gasteiger partial charge is 0.418 e. The van der Waals surface area contributed by atoms with Crippen LogP contribution < -0.4 is 5.32 Å². The third-order valence-corrected chi connectivity index (χ3v) is 4.50. The molecule has 0 spiro atoms. The van der Waals surface area contributed by atoms with E-state index in [0.29, 0.717) is 19.0 Å². The number of likely N-dealkylation sites (tertiary alicyclic amines) is 1. The fourth-order valence-corrected chi connectivity index (χ4v) is 3.21. The topological polar surface area (TPSA) is 71.5 Å². The van der Waals surface area contributed by atoms with Gasteiger partial charge in [-0.2, -0.15) is 13.2 Å². The van der Waals surface area contributed by atoms with Crippen LogP contribution in [0.25, 0.3) is 0 Å². The maximum Gasteiger partial charge on any atom is 0.418 e. The van der Waals surface area contributed by atoms with Gasteiger partial charge in [-0.1, -0.05) is 11.6 Å². The first-order valence-corrected chi connectivity index (χ1v) is 9.18. The van der Waals surface area contributed by atoms with Gasteiger partial charge in [-0.25, -0.2) is 9.78 Å². The van der Waals surface area contributed by atoms with Gasteiger partial charge in [0, 0.05) is 18.8 Å². The van der Waals surface area contributed by atoms with Gasteiger partial charge in [-0.15, -0.1) is 0 Å². The van der Waals surface area contributed by atoms with Crippen LogP contribution in [0, 0.1) is 0 Å². The summed E-state index contributed by atoms with van der Waals surface area (Å²) >= 11 is 5.69. The number of hydrogen-bond donors (Lipinski definition) is 1. The minimum atomic E-state index is -4.62. The summed E-state index contributed by atoms with van der Waals surface area (Å²) in [5.41, 5.74) is -1.90. The highest BCUT2D eigenvalue weighted by Gasteiger charge is 2.41. The van der Waals surface area contributed by atoms with Crippen LogP contribution in [0.2, 0.25) is 5.15 Å². The van der Waals surface area contributed by atoms with Crippen molar-refractivity contribution in [3.63, 3.8) is 0 Å². The van der Waals surface area contributed by atoms with Gasteiger partial charge >= 0.3 is 12.3 Å². The number of ether oxygens (including phenoxy) is 1. The lowest BCUT2D eigenvalue weighted by atomic mass is 10.1. The van der Waals surface area contributed by atoms with E-state index >= 15 is 0 Å². The Morgan fingerprint density at radius 3 is 2.54 bits per heavy atom. The van der Waals surface area contributed by atoms with Crippen molar-refractivity contribution < 1.29 is 27.5 Å². The van der Waals surface area contributed by atoms with Crippen molar-refractivity contribution in [1.29, 1.82) is 0 Å². The molecule has 0 aromatic carbocycles. The molecular formula is C18H23ClF3N3O3. The first-order valence-electron chi connectivity index (χ1n) is 8.80. The number of rotatable bonds is 3. The van der Waals surface area contributed by atoms with Crippen LogP contribution in [0.15, 0.2) is 12.3 Å². The lowest BCUT2D eigenvalue weighted by Crippen LogP contribution is -2.49. The van der Waals surface area contributed by atoms with Gasteiger partial charge in [0.25, 0.3) is 0 Å². The number of halogens is 4. The van der Waals surface area contributed by atoms with Crippen LogP contribution in [0.1, 0.15) is 51.7 Å². The molecule has 1 saturated heterocycles. The SMILES string of the molecule is CC1CCC(C(=O)NCc2cc(Cl)ncc2C(F)(F)F)N1C(=O)OC(C)(C)C. The van der Waals surface area contributed by atoms with Crippen LogP contribution in [0.3, 0.4) is 0 Å². The summed E-state index contributed by atoms with van der Waals surface area (Å²) in [6.07, 6.45) is -3.63. The number of amides is 2. The highest BCUT2D eigenvalue weighted by atomic mass is 35.5. The zero-order chi connectivity index (χ0) is 21.3. The van der Waals surface area contributed by atoms with Crippen LogP contribution in [0.4, 0.5) is 18.0 Å². The molecular weight excluding hydrogens is 399 g/mol. The molecule has 2 heterocycles. The predicted molar refractivity (Wildman–Crippen MR) is 96.7 cm³/mol. The average molecular weight is 422 g/mol. The molecule has 2 amide bonds. The largest absolute Gasteiger partial charge is 0.444 e. The molecule has 2 atom stereocenters. The van der Waals surface area contributed by atoms with E-state index in [-0.39, 0.29) is 23.3 Å². The van der Waals surface area contributed by atoms with Gasteiger partial charge in [-0.05, 0) is 52.2 Å². The number of hydrogen-bond acceptors (Lipinski definition) is 4. The minimum Gasteiger partial charge on any atom is -0.444 e. The van der Waals surface area contributed by atoms with Crippen LogP contribution in [0.5, 0.6) is 0 Å². The molecule has 1 N–H and O–H groups in total. The van der Waals surface area contributed by atoms with E-state index in [4.69, 9.17) is 16.3 Å². The molecule has 2 rings (SSSR count). The van der Waals surface area contributed by atoms with Crippen molar-refractivity contribution >= 4 is 23.6 Å². The van der Waals surface area contributed by atoms with Crippen molar-refractivity contribution in [3.8, 4) is 0 Å². The summed E-state index contributed by atoms with van der Waals surface area (Å²) in [4.78, 5) is 29.8. The lowest BCUT2D eigenvalue weighted by molar-refractivity contribution is -0.138. The van der Waals surface area contributed by atoms with Crippen molar-refractivity contribution in [2.45, 2.75) is 70.9 Å². The Balaban J connectivity index is 2.12. The Hall–Kier alpha value is -2.03. The standard InChI is InChI=1S/C18H23ClF3N3O3/c1-10-5-6-13(25(10)16(27)28-17(2,3)4)15(26)24-8-11-7-14(19)23-9-12(11)18(20,21)22/h7,9-10,13H,5-6,8H2,1-4H3,(H,24,26). The Kier molecular flexibility index (Phi) is 6.48. The first kappa shape index (κ1) is 22.3. The summed E-state index contributed by atoms with van der Waals surface area (Å²) in [6.45, 7) is 6.55. The van der Waals surface area contributed by atoms with E-state index in [2.05, 4.69) is 10.3 Å². The number of carbonyl (C=O) groups excluding carboxylic acids is 2. The van der Waals surface area contributed by atoms with Crippen LogP contribution in [-0.2, 0) is 22.3 Å². The summed E-state index contributed by atoms with van der Waals surface area (Å²) in [6, 6.07) is 0.0382. The molecule has 1 aliphatic rings. The van der Waals surface area contributed by atoms with Crippen LogP contribution in [-0.4, -0.2) is 39.6 Å². The van der Waals surface area contributed by atoms with Crippen LogP contribution >= 0.6 is 11.6 Å². The van der Waals surface area contributed by atoms with E-state index < -0.39 is 35.4 Å². The quantitative estimate of drug-likeness (QED) is 0.744. The molecule has 10 heteroatoms. The lowest BCUT2D eigenvalue weighted by Gasteiger charge is -2.30. The Bertz CT molecular complexity index is 750. The van der Waals surface area contributed by atoms with E-state index in [1.54, 1.807) is 27.7 Å².